The number of hydrogen-bond acceptors (Lipinski definition) is 0. The summed E-state index contributed by atoms with van der Waals surface area (Å²) in [4.78, 5) is 0. The van der Waals surface area contributed by atoms with Gasteiger partial charge in [0.25, 0.3) is 0 Å². The van der Waals surface area contributed by atoms with Crippen molar-refractivity contribution < 1.29 is 5.73 Å². The summed E-state index contributed by atoms with van der Waals surface area (Å²) in [6.45, 7) is 2.15. The van der Waals surface area contributed by atoms with Gasteiger partial charge in [0.05, 0.1) is 0 Å². The van der Waals surface area contributed by atoms with Gasteiger partial charge in [-0.1, -0.05) is 12.1 Å². The average molecular weight is 162 g/mol. The Balaban J connectivity index is 2.39. The first-order valence-corrected chi connectivity index (χ1v) is 4.72. The molecule has 1 aromatic carbocycles. The Kier molecular flexibility index (Phi) is 1.89. The smallest absolute Gasteiger partial charge is 0.107 e. The van der Waals surface area contributed by atoms with Gasteiger partial charge in [-0.15, -0.1) is 0 Å². The summed E-state index contributed by atoms with van der Waals surface area (Å²) in [6, 6.07) is 7.26. The third-order valence-corrected chi connectivity index (χ3v) is 2.69. The molecule has 0 unspecified atom stereocenters. The molecule has 1 nitrogen and oxygen atoms in total. The molecule has 0 fully saturated rings. The first-order valence-electron chi connectivity index (χ1n) is 4.72. The molecule has 0 saturated carbocycles. The maximum Gasteiger partial charge on any atom is 0.107 e. The molecular weight excluding hydrogens is 146 g/mol. The summed E-state index contributed by atoms with van der Waals surface area (Å²) in [6.07, 6.45) is 3.89. The fourth-order valence-electron chi connectivity index (χ4n) is 1.90. The molecule has 0 heterocycles. The summed E-state index contributed by atoms with van der Waals surface area (Å²) in [5.74, 6) is 0. The van der Waals surface area contributed by atoms with E-state index in [0.717, 1.165) is 0 Å². The second-order valence-corrected chi connectivity index (χ2v) is 3.78. The molecule has 1 aliphatic carbocycles. The van der Waals surface area contributed by atoms with Crippen LogP contribution in [0, 0.1) is 0 Å². The number of quaternary nitrogens is 1. The lowest BCUT2D eigenvalue weighted by Gasteiger charge is -2.05. The molecule has 1 heteroatoms. The number of fused-ring (bicyclic) bond motifs is 1. The summed E-state index contributed by atoms with van der Waals surface area (Å²) in [5, 5.41) is 0. The Labute approximate surface area is 73.6 Å². The Morgan fingerprint density at radius 3 is 2.75 bits per heavy atom. The summed E-state index contributed by atoms with van der Waals surface area (Å²) in [7, 11) is 0. The molecule has 64 valence electrons. The van der Waals surface area contributed by atoms with Crippen LogP contribution >= 0.6 is 0 Å². The van der Waals surface area contributed by atoms with Crippen molar-refractivity contribution in [2.45, 2.75) is 32.2 Å². The predicted molar refractivity (Wildman–Crippen MR) is 49.8 cm³/mol. The molecule has 0 amide bonds. The lowest BCUT2D eigenvalue weighted by molar-refractivity contribution is -0.420. The second kappa shape index (κ2) is 2.91. The fourth-order valence-corrected chi connectivity index (χ4v) is 1.90. The lowest BCUT2D eigenvalue weighted by atomic mass is 10.0. The Morgan fingerprint density at radius 2 is 2.00 bits per heavy atom. The van der Waals surface area contributed by atoms with E-state index in [2.05, 4.69) is 30.9 Å². The van der Waals surface area contributed by atoms with E-state index in [1.807, 2.05) is 0 Å². The fraction of sp³-hybridized carbons (Fsp3) is 0.455. The van der Waals surface area contributed by atoms with Gasteiger partial charge in [0.2, 0.25) is 0 Å². The lowest BCUT2D eigenvalue weighted by Crippen LogP contribution is -2.51. The highest BCUT2D eigenvalue weighted by Gasteiger charge is 2.12. The van der Waals surface area contributed by atoms with E-state index in [-0.39, 0.29) is 0 Å². The van der Waals surface area contributed by atoms with Gasteiger partial charge in [0, 0.05) is 5.56 Å². The SMILES string of the molecule is C[C@@H]([NH3+])c1ccc2c(c1)CCC2. The molecule has 0 radical (unpaired) electrons. The highest BCUT2D eigenvalue weighted by molar-refractivity contribution is 5.35. The van der Waals surface area contributed by atoms with E-state index in [4.69, 9.17) is 0 Å². The Morgan fingerprint density at radius 1 is 1.25 bits per heavy atom. The van der Waals surface area contributed by atoms with Crippen LogP contribution < -0.4 is 5.73 Å². The van der Waals surface area contributed by atoms with Crippen molar-refractivity contribution in [3.05, 3.63) is 34.9 Å². The highest BCUT2D eigenvalue weighted by atomic mass is 14.6. The second-order valence-electron chi connectivity index (χ2n) is 3.78. The van der Waals surface area contributed by atoms with Crippen LogP contribution in [0.15, 0.2) is 18.2 Å². The Hall–Kier alpha value is -0.820. The predicted octanol–water partition coefficient (Wildman–Crippen LogP) is 1.48. The van der Waals surface area contributed by atoms with Crippen molar-refractivity contribution in [2.75, 3.05) is 0 Å². The van der Waals surface area contributed by atoms with E-state index < -0.39 is 0 Å². The van der Waals surface area contributed by atoms with Gasteiger partial charge in [-0.3, -0.25) is 0 Å². The molecule has 2 rings (SSSR count). The monoisotopic (exact) mass is 162 g/mol. The van der Waals surface area contributed by atoms with Crippen LogP contribution in [0.1, 0.15) is 36.1 Å². The summed E-state index contributed by atoms with van der Waals surface area (Å²) in [5.41, 5.74) is 8.53. The number of benzene rings is 1. The zero-order chi connectivity index (χ0) is 8.55. The number of hydrogen-bond donors (Lipinski definition) is 1. The first-order chi connectivity index (χ1) is 5.77. The Bertz CT molecular complexity index is 289. The largest absolute Gasteiger partial charge is 0.352 e. The molecule has 1 atom stereocenters. The molecule has 0 spiro atoms. The van der Waals surface area contributed by atoms with E-state index in [0.29, 0.717) is 6.04 Å². The van der Waals surface area contributed by atoms with Gasteiger partial charge in [-0.2, -0.15) is 0 Å². The molecule has 1 aliphatic rings. The molecule has 0 aromatic heterocycles. The van der Waals surface area contributed by atoms with Gasteiger partial charge in [0.1, 0.15) is 6.04 Å². The molecule has 0 bridgehead atoms. The molecule has 1 aromatic rings. The van der Waals surface area contributed by atoms with Gasteiger partial charge >= 0.3 is 0 Å². The van der Waals surface area contributed by atoms with Gasteiger partial charge in [0.15, 0.2) is 0 Å². The normalized spacial score (nSPS) is 17.5. The van der Waals surface area contributed by atoms with E-state index in [1.54, 1.807) is 11.1 Å². The third-order valence-electron chi connectivity index (χ3n) is 2.69. The summed E-state index contributed by atoms with van der Waals surface area (Å²) < 4.78 is 0. The van der Waals surface area contributed by atoms with Crippen molar-refractivity contribution >= 4 is 0 Å². The van der Waals surface area contributed by atoms with Gasteiger partial charge in [-0.05, 0) is 43.4 Å². The minimum absolute atomic E-state index is 0.427. The standard InChI is InChI=1S/C11H15N/c1-8(12)10-6-5-9-3-2-4-11(9)7-10/h5-8H,2-4,12H2,1H3/p+1/t8-/m1/s1. The van der Waals surface area contributed by atoms with Crippen LogP contribution in [-0.2, 0) is 12.8 Å². The van der Waals surface area contributed by atoms with Gasteiger partial charge in [-0.25, -0.2) is 0 Å². The summed E-state index contributed by atoms with van der Waals surface area (Å²) >= 11 is 0. The number of aryl methyl sites for hydroxylation is 2. The van der Waals surface area contributed by atoms with Crippen molar-refractivity contribution in [3.8, 4) is 0 Å². The van der Waals surface area contributed by atoms with E-state index in [1.165, 1.54) is 24.8 Å². The number of rotatable bonds is 1. The van der Waals surface area contributed by atoms with Crippen molar-refractivity contribution in [2.24, 2.45) is 0 Å². The minimum Gasteiger partial charge on any atom is -0.352 e. The van der Waals surface area contributed by atoms with Crippen molar-refractivity contribution in [3.63, 3.8) is 0 Å². The maximum absolute atomic E-state index is 4.03. The van der Waals surface area contributed by atoms with Crippen molar-refractivity contribution in [1.82, 2.24) is 0 Å². The van der Waals surface area contributed by atoms with Crippen LogP contribution in [0.3, 0.4) is 0 Å². The quantitative estimate of drug-likeness (QED) is 0.648. The topological polar surface area (TPSA) is 27.6 Å². The van der Waals surface area contributed by atoms with Crippen LogP contribution in [0.4, 0.5) is 0 Å². The van der Waals surface area contributed by atoms with Crippen LogP contribution in [0.2, 0.25) is 0 Å². The molecular formula is C11H16N+. The first kappa shape index (κ1) is 7.81. The van der Waals surface area contributed by atoms with Crippen LogP contribution in [-0.4, -0.2) is 0 Å². The average Bonchev–Trinajstić information content (AvgIpc) is 2.49. The van der Waals surface area contributed by atoms with Gasteiger partial charge < -0.3 is 5.73 Å². The van der Waals surface area contributed by atoms with E-state index in [9.17, 15) is 0 Å². The highest BCUT2D eigenvalue weighted by Crippen LogP contribution is 2.24. The molecule has 3 N–H and O–H groups in total. The van der Waals surface area contributed by atoms with Crippen LogP contribution in [0.5, 0.6) is 0 Å². The van der Waals surface area contributed by atoms with E-state index >= 15 is 0 Å². The zero-order valence-electron chi connectivity index (χ0n) is 7.64. The zero-order valence-corrected chi connectivity index (χ0v) is 7.64. The minimum atomic E-state index is 0.427. The molecule has 0 aliphatic heterocycles. The molecule has 12 heavy (non-hydrogen) atoms. The van der Waals surface area contributed by atoms with Crippen LogP contribution in [0.25, 0.3) is 0 Å². The maximum atomic E-state index is 4.03. The third kappa shape index (κ3) is 1.25. The molecule has 0 saturated heterocycles. The van der Waals surface area contributed by atoms with Crippen molar-refractivity contribution in [1.29, 1.82) is 0 Å².